The minimum Gasteiger partial charge on any atom is -0.393 e. The van der Waals surface area contributed by atoms with Gasteiger partial charge in [0.25, 0.3) is 5.91 Å². The highest BCUT2D eigenvalue weighted by Gasteiger charge is 2.22. The van der Waals surface area contributed by atoms with Gasteiger partial charge in [-0.05, 0) is 51.5 Å². The molecule has 0 bridgehead atoms. The van der Waals surface area contributed by atoms with Crippen LogP contribution in [0.1, 0.15) is 68.0 Å². The molecule has 25 heavy (non-hydrogen) atoms. The van der Waals surface area contributed by atoms with Crippen LogP contribution in [0.3, 0.4) is 0 Å². The summed E-state index contributed by atoms with van der Waals surface area (Å²) in [6, 6.07) is 2.07. The van der Waals surface area contributed by atoms with Crippen molar-refractivity contribution in [1.29, 1.82) is 0 Å². The predicted octanol–water partition coefficient (Wildman–Crippen LogP) is 2.99. The molecule has 2 aromatic heterocycles. The Morgan fingerprint density at radius 2 is 2.28 bits per heavy atom. The van der Waals surface area contributed by atoms with E-state index in [1.807, 2.05) is 17.7 Å². The molecule has 6 nitrogen and oxygen atoms in total. The van der Waals surface area contributed by atoms with Gasteiger partial charge in [-0.2, -0.15) is 5.10 Å². The van der Waals surface area contributed by atoms with Gasteiger partial charge in [-0.15, -0.1) is 0 Å². The number of pyridine rings is 1. The minimum absolute atomic E-state index is 0.0840. The topological polar surface area (TPSA) is 80.0 Å². The molecule has 1 aliphatic rings. The number of aliphatic hydroxyl groups excluding tert-OH is 1. The third-order valence-corrected chi connectivity index (χ3v) is 5.25. The van der Waals surface area contributed by atoms with Crippen LogP contribution < -0.4 is 5.32 Å². The summed E-state index contributed by atoms with van der Waals surface area (Å²) in [6.07, 6.45) is 6.22. The summed E-state index contributed by atoms with van der Waals surface area (Å²) in [4.78, 5) is 17.3. The van der Waals surface area contributed by atoms with Gasteiger partial charge in [-0.25, -0.2) is 9.67 Å². The van der Waals surface area contributed by atoms with E-state index < -0.39 is 0 Å². The summed E-state index contributed by atoms with van der Waals surface area (Å²) in [5.74, 6) is 0.272. The van der Waals surface area contributed by atoms with E-state index in [0.717, 1.165) is 48.8 Å². The van der Waals surface area contributed by atoms with Gasteiger partial charge < -0.3 is 10.4 Å². The number of fused-ring (bicyclic) bond motifs is 1. The molecule has 1 saturated carbocycles. The molecule has 0 radical (unpaired) electrons. The maximum absolute atomic E-state index is 12.7. The second-order valence-electron chi connectivity index (χ2n) is 7.29. The lowest BCUT2D eigenvalue weighted by Gasteiger charge is -2.25. The van der Waals surface area contributed by atoms with Gasteiger partial charge in [-0.3, -0.25) is 4.79 Å². The second kappa shape index (κ2) is 7.52. The van der Waals surface area contributed by atoms with Crippen LogP contribution in [0, 0.1) is 12.8 Å². The molecule has 0 saturated heterocycles. The van der Waals surface area contributed by atoms with Crippen molar-refractivity contribution >= 4 is 16.9 Å². The SMILES string of the molecule is CCC(C)n1ncc2c(C(=O)NCC3CCCC(O)C3)cc(C)nc21. The normalized spacial score (nSPS) is 22.1. The van der Waals surface area contributed by atoms with Gasteiger partial charge in [0.05, 0.1) is 29.3 Å². The molecule has 0 aliphatic heterocycles. The van der Waals surface area contributed by atoms with E-state index in [1.54, 1.807) is 6.20 Å². The largest absolute Gasteiger partial charge is 0.393 e. The first-order chi connectivity index (χ1) is 12.0. The van der Waals surface area contributed by atoms with E-state index in [9.17, 15) is 9.90 Å². The van der Waals surface area contributed by atoms with Crippen LogP contribution in [0.2, 0.25) is 0 Å². The van der Waals surface area contributed by atoms with Gasteiger partial charge in [0.1, 0.15) is 0 Å². The number of carbonyl (C=O) groups is 1. The fourth-order valence-electron chi connectivity index (χ4n) is 3.61. The molecule has 0 aromatic carbocycles. The van der Waals surface area contributed by atoms with Crippen LogP contribution in [0.25, 0.3) is 11.0 Å². The number of nitrogens with one attached hydrogen (secondary N) is 1. The van der Waals surface area contributed by atoms with Gasteiger partial charge in [0.15, 0.2) is 5.65 Å². The molecule has 3 rings (SSSR count). The Labute approximate surface area is 148 Å². The Bertz CT molecular complexity index is 755. The van der Waals surface area contributed by atoms with Crippen LogP contribution in [0.5, 0.6) is 0 Å². The van der Waals surface area contributed by atoms with Crippen molar-refractivity contribution in [2.45, 2.75) is 65.0 Å². The zero-order valence-electron chi connectivity index (χ0n) is 15.3. The molecular formula is C19H28N4O2. The molecule has 136 valence electrons. The van der Waals surface area contributed by atoms with Gasteiger partial charge in [0.2, 0.25) is 0 Å². The average molecular weight is 344 g/mol. The summed E-state index contributed by atoms with van der Waals surface area (Å²) in [5.41, 5.74) is 2.22. The fraction of sp³-hybridized carbons (Fsp3) is 0.632. The van der Waals surface area contributed by atoms with Crippen LogP contribution in [-0.2, 0) is 0 Å². The van der Waals surface area contributed by atoms with Gasteiger partial charge in [-0.1, -0.05) is 13.3 Å². The first-order valence-electron chi connectivity index (χ1n) is 9.30. The number of hydrogen-bond donors (Lipinski definition) is 2. The highest BCUT2D eigenvalue weighted by Crippen LogP contribution is 2.25. The van der Waals surface area contributed by atoms with Crippen molar-refractivity contribution in [2.75, 3.05) is 6.54 Å². The van der Waals surface area contributed by atoms with E-state index in [1.165, 1.54) is 0 Å². The Balaban J connectivity index is 1.80. The highest BCUT2D eigenvalue weighted by atomic mass is 16.3. The summed E-state index contributed by atoms with van der Waals surface area (Å²) in [7, 11) is 0. The third-order valence-electron chi connectivity index (χ3n) is 5.25. The molecule has 2 heterocycles. The first kappa shape index (κ1) is 17.9. The molecule has 2 N–H and O–H groups in total. The maximum atomic E-state index is 12.7. The molecule has 6 heteroatoms. The van der Waals surface area contributed by atoms with Crippen molar-refractivity contribution in [1.82, 2.24) is 20.1 Å². The van der Waals surface area contributed by atoms with Crippen molar-refractivity contribution in [3.8, 4) is 0 Å². The number of nitrogens with zero attached hydrogens (tertiary/aromatic N) is 3. The number of carbonyl (C=O) groups excluding carboxylic acids is 1. The van der Waals surface area contributed by atoms with Crippen molar-refractivity contribution in [2.24, 2.45) is 5.92 Å². The quantitative estimate of drug-likeness (QED) is 0.874. The van der Waals surface area contributed by atoms with E-state index in [2.05, 4.69) is 29.2 Å². The van der Waals surface area contributed by atoms with Crippen LogP contribution in [0.15, 0.2) is 12.3 Å². The van der Waals surface area contributed by atoms with E-state index >= 15 is 0 Å². The standard InChI is InChI=1S/C19H28N4O2/c1-4-13(3)23-18-17(11-21-23)16(8-12(2)22-18)19(25)20-10-14-6-5-7-15(24)9-14/h8,11,13-15,24H,4-7,9-10H2,1-3H3,(H,20,25). The van der Waals surface area contributed by atoms with E-state index in [-0.39, 0.29) is 18.1 Å². The maximum Gasteiger partial charge on any atom is 0.252 e. The summed E-state index contributed by atoms with van der Waals surface area (Å²) >= 11 is 0. The third kappa shape index (κ3) is 3.84. The molecule has 1 aliphatic carbocycles. The molecule has 1 fully saturated rings. The Morgan fingerprint density at radius 1 is 1.48 bits per heavy atom. The van der Waals surface area contributed by atoms with Gasteiger partial charge in [0, 0.05) is 12.2 Å². The van der Waals surface area contributed by atoms with E-state index in [4.69, 9.17) is 0 Å². The fourth-order valence-corrected chi connectivity index (χ4v) is 3.61. The molecule has 2 aromatic rings. The smallest absolute Gasteiger partial charge is 0.252 e. The molecule has 3 unspecified atom stereocenters. The zero-order chi connectivity index (χ0) is 18.0. The minimum atomic E-state index is -0.223. The lowest BCUT2D eigenvalue weighted by atomic mass is 9.87. The average Bonchev–Trinajstić information content (AvgIpc) is 3.02. The summed E-state index contributed by atoms with van der Waals surface area (Å²) in [6.45, 7) is 6.73. The number of rotatable bonds is 5. The van der Waals surface area contributed by atoms with Gasteiger partial charge >= 0.3 is 0 Å². The molecule has 3 atom stereocenters. The van der Waals surface area contributed by atoms with Crippen LogP contribution in [-0.4, -0.2) is 38.4 Å². The Morgan fingerprint density at radius 3 is 3.00 bits per heavy atom. The Kier molecular flexibility index (Phi) is 5.37. The lowest BCUT2D eigenvalue weighted by Crippen LogP contribution is -2.33. The number of aromatic nitrogens is 3. The monoisotopic (exact) mass is 344 g/mol. The van der Waals surface area contributed by atoms with Crippen molar-refractivity contribution < 1.29 is 9.90 Å². The summed E-state index contributed by atoms with van der Waals surface area (Å²) in [5, 5.41) is 18.1. The van der Waals surface area contributed by atoms with Crippen molar-refractivity contribution in [3.05, 3.63) is 23.5 Å². The number of amides is 1. The number of hydrogen-bond acceptors (Lipinski definition) is 4. The van der Waals surface area contributed by atoms with Crippen LogP contribution in [0.4, 0.5) is 0 Å². The predicted molar refractivity (Wildman–Crippen MR) is 97.6 cm³/mol. The van der Waals surface area contributed by atoms with E-state index in [0.29, 0.717) is 18.0 Å². The molecule has 1 amide bonds. The number of aliphatic hydroxyl groups is 1. The van der Waals surface area contributed by atoms with Crippen LogP contribution >= 0.6 is 0 Å². The molecular weight excluding hydrogens is 316 g/mol. The highest BCUT2D eigenvalue weighted by molar-refractivity contribution is 6.05. The second-order valence-corrected chi connectivity index (χ2v) is 7.29. The summed E-state index contributed by atoms with van der Waals surface area (Å²) < 4.78 is 1.90. The first-order valence-corrected chi connectivity index (χ1v) is 9.30. The molecule has 0 spiro atoms. The zero-order valence-corrected chi connectivity index (χ0v) is 15.3. The van der Waals surface area contributed by atoms with Crippen molar-refractivity contribution in [3.63, 3.8) is 0 Å². The number of aryl methyl sites for hydroxylation is 1. The lowest BCUT2D eigenvalue weighted by molar-refractivity contribution is 0.0875. The Hall–Kier alpha value is -1.95.